The van der Waals surface area contributed by atoms with E-state index in [-0.39, 0.29) is 13.0 Å². The van der Waals surface area contributed by atoms with E-state index in [0.717, 1.165) is 5.56 Å². The fraction of sp³-hybridized carbons (Fsp3) is 0.526. The van der Waals surface area contributed by atoms with Crippen molar-refractivity contribution in [3.05, 3.63) is 28.8 Å². The smallest absolute Gasteiger partial charge is 0.408 e. The van der Waals surface area contributed by atoms with Crippen molar-refractivity contribution in [2.45, 2.75) is 52.7 Å². The van der Waals surface area contributed by atoms with E-state index in [9.17, 15) is 14.4 Å². The molecule has 1 rings (SSSR count). The van der Waals surface area contributed by atoms with E-state index in [4.69, 9.17) is 14.2 Å². The molecule has 26 heavy (non-hydrogen) atoms. The van der Waals surface area contributed by atoms with E-state index in [2.05, 4.69) is 5.32 Å². The zero-order chi connectivity index (χ0) is 19.9. The molecule has 1 aromatic rings. The lowest BCUT2D eigenvalue weighted by molar-refractivity contribution is -0.145. The van der Waals surface area contributed by atoms with Crippen molar-refractivity contribution in [2.24, 2.45) is 0 Å². The van der Waals surface area contributed by atoms with Crippen LogP contribution in [0.2, 0.25) is 0 Å². The number of aryl methyl sites for hydroxylation is 1. The Hall–Kier alpha value is -2.57. The Morgan fingerprint density at radius 2 is 1.92 bits per heavy atom. The van der Waals surface area contributed by atoms with Gasteiger partial charge in [-0.25, -0.2) is 9.59 Å². The van der Waals surface area contributed by atoms with E-state index in [1.807, 2.05) is 0 Å². The van der Waals surface area contributed by atoms with Crippen molar-refractivity contribution in [2.75, 3.05) is 13.7 Å². The van der Waals surface area contributed by atoms with E-state index < -0.39 is 23.7 Å². The minimum atomic E-state index is -0.933. The Morgan fingerprint density at radius 1 is 1.27 bits per heavy atom. The summed E-state index contributed by atoms with van der Waals surface area (Å²) in [7, 11) is 1.49. The minimum absolute atomic E-state index is 0.156. The zero-order valence-corrected chi connectivity index (χ0v) is 16.2. The molecule has 0 aliphatic heterocycles. The molecule has 0 radical (unpaired) electrons. The Balaban J connectivity index is 3.06. The van der Waals surface area contributed by atoms with Gasteiger partial charge in [0.2, 0.25) is 0 Å². The summed E-state index contributed by atoms with van der Waals surface area (Å²) in [6, 6.07) is 2.49. The summed E-state index contributed by atoms with van der Waals surface area (Å²) >= 11 is 0. The summed E-state index contributed by atoms with van der Waals surface area (Å²) in [5.74, 6) is -0.0870. The molecule has 0 bridgehead atoms. The number of esters is 1. The third-order valence-electron chi connectivity index (χ3n) is 3.40. The van der Waals surface area contributed by atoms with Gasteiger partial charge in [-0.3, -0.25) is 4.79 Å². The van der Waals surface area contributed by atoms with Crippen LogP contribution < -0.4 is 10.1 Å². The van der Waals surface area contributed by atoms with Crippen LogP contribution in [-0.4, -0.2) is 43.7 Å². The number of hydrogen-bond donors (Lipinski definition) is 1. The van der Waals surface area contributed by atoms with Crippen molar-refractivity contribution in [3.8, 4) is 5.75 Å². The average molecular weight is 365 g/mol. The van der Waals surface area contributed by atoms with E-state index in [1.165, 1.54) is 7.11 Å². The fourth-order valence-corrected chi connectivity index (χ4v) is 2.48. The van der Waals surface area contributed by atoms with Crippen LogP contribution in [0.1, 0.15) is 49.2 Å². The van der Waals surface area contributed by atoms with Crippen LogP contribution in [-0.2, 0) is 20.7 Å². The number of methoxy groups -OCH3 is 1. The molecule has 0 fully saturated rings. The van der Waals surface area contributed by atoms with Gasteiger partial charge in [-0.1, -0.05) is 6.07 Å². The summed E-state index contributed by atoms with van der Waals surface area (Å²) in [6.07, 6.45) is 0.135. The number of nitrogens with one attached hydrogen (secondary N) is 1. The maximum absolute atomic E-state index is 12.2. The molecule has 7 heteroatoms. The molecule has 144 valence electrons. The second-order valence-corrected chi connectivity index (χ2v) is 6.81. The van der Waals surface area contributed by atoms with Gasteiger partial charge in [0.15, 0.2) is 6.29 Å². The van der Waals surface area contributed by atoms with Crippen LogP contribution in [0.15, 0.2) is 12.1 Å². The number of hydrogen-bond acceptors (Lipinski definition) is 6. The van der Waals surface area contributed by atoms with Crippen molar-refractivity contribution in [1.29, 1.82) is 0 Å². The lowest BCUT2D eigenvalue weighted by atomic mass is 10.00. The van der Waals surface area contributed by atoms with Gasteiger partial charge in [0.05, 0.1) is 19.3 Å². The quantitative estimate of drug-likeness (QED) is 0.590. The van der Waals surface area contributed by atoms with Gasteiger partial charge in [0.1, 0.15) is 17.4 Å². The first-order valence-electron chi connectivity index (χ1n) is 8.40. The van der Waals surface area contributed by atoms with Crippen molar-refractivity contribution in [3.63, 3.8) is 0 Å². The predicted molar refractivity (Wildman–Crippen MR) is 96.6 cm³/mol. The highest BCUT2D eigenvalue weighted by atomic mass is 16.6. The average Bonchev–Trinajstić information content (AvgIpc) is 2.52. The number of rotatable bonds is 7. The highest BCUT2D eigenvalue weighted by Crippen LogP contribution is 2.24. The van der Waals surface area contributed by atoms with Gasteiger partial charge in [-0.05, 0) is 51.8 Å². The normalized spacial score (nSPS) is 12.1. The number of aldehydes is 1. The molecule has 0 heterocycles. The molecule has 7 nitrogen and oxygen atoms in total. The van der Waals surface area contributed by atoms with Gasteiger partial charge in [-0.2, -0.15) is 0 Å². The first-order chi connectivity index (χ1) is 12.1. The minimum Gasteiger partial charge on any atom is -0.496 e. The molecule has 0 unspecified atom stereocenters. The molecular formula is C19H27NO6. The van der Waals surface area contributed by atoms with E-state index in [1.54, 1.807) is 46.8 Å². The number of carbonyl (C=O) groups is 3. The lowest BCUT2D eigenvalue weighted by Crippen LogP contribution is -2.45. The van der Waals surface area contributed by atoms with Crippen LogP contribution >= 0.6 is 0 Å². The van der Waals surface area contributed by atoms with Crippen molar-refractivity contribution < 1.29 is 28.6 Å². The Labute approximate surface area is 154 Å². The molecule has 0 saturated heterocycles. The third-order valence-corrected chi connectivity index (χ3v) is 3.40. The third kappa shape index (κ3) is 6.38. The molecule has 0 aliphatic carbocycles. The van der Waals surface area contributed by atoms with Crippen LogP contribution in [0.3, 0.4) is 0 Å². The number of amides is 1. The molecule has 0 aliphatic rings. The first-order valence-corrected chi connectivity index (χ1v) is 8.40. The Kier molecular flexibility index (Phi) is 7.61. The van der Waals surface area contributed by atoms with Crippen LogP contribution in [0.25, 0.3) is 0 Å². The second-order valence-electron chi connectivity index (χ2n) is 6.81. The molecule has 1 atom stereocenters. The van der Waals surface area contributed by atoms with Gasteiger partial charge in [0.25, 0.3) is 0 Å². The van der Waals surface area contributed by atoms with Crippen LogP contribution in [0.5, 0.6) is 5.75 Å². The number of ether oxygens (including phenoxy) is 3. The largest absolute Gasteiger partial charge is 0.496 e. The first kappa shape index (κ1) is 21.5. The number of benzene rings is 1. The number of alkyl carbamates (subject to hydrolysis) is 1. The fourth-order valence-electron chi connectivity index (χ4n) is 2.48. The molecule has 1 N–H and O–H groups in total. The van der Waals surface area contributed by atoms with E-state index in [0.29, 0.717) is 23.2 Å². The summed E-state index contributed by atoms with van der Waals surface area (Å²) in [5, 5.41) is 2.54. The monoisotopic (exact) mass is 365 g/mol. The maximum Gasteiger partial charge on any atom is 0.408 e. The van der Waals surface area contributed by atoms with E-state index >= 15 is 0 Å². The highest BCUT2D eigenvalue weighted by molar-refractivity contribution is 5.83. The number of carbonyl (C=O) groups excluding carboxylic acids is 3. The second kappa shape index (κ2) is 9.22. The molecular weight excluding hydrogens is 338 g/mol. The maximum atomic E-state index is 12.2. The van der Waals surface area contributed by atoms with Crippen LogP contribution in [0, 0.1) is 6.92 Å². The van der Waals surface area contributed by atoms with Gasteiger partial charge in [-0.15, -0.1) is 0 Å². The Morgan fingerprint density at radius 3 is 2.42 bits per heavy atom. The summed E-state index contributed by atoms with van der Waals surface area (Å²) in [5.41, 5.74) is 1.14. The van der Waals surface area contributed by atoms with Crippen LogP contribution in [0.4, 0.5) is 4.79 Å². The SMILES string of the molecule is CCOC(=O)[C@H](Cc1cc(C)c(OC)c(C=O)c1)NC(=O)OC(C)(C)C. The highest BCUT2D eigenvalue weighted by Gasteiger charge is 2.26. The predicted octanol–water partition coefficient (Wildman–Crippen LogP) is 2.82. The topological polar surface area (TPSA) is 90.9 Å². The summed E-state index contributed by atoms with van der Waals surface area (Å²) in [4.78, 5) is 35.6. The molecule has 1 amide bonds. The Bertz CT molecular complexity index is 663. The standard InChI is InChI=1S/C19H27NO6/c1-7-25-17(22)15(20-18(23)26-19(3,4)5)10-13-8-12(2)16(24-6)14(9-13)11-21/h8-9,11,15H,7,10H2,1-6H3,(H,20,23)/t15-/m0/s1. The molecule has 0 saturated carbocycles. The van der Waals surface area contributed by atoms with Crippen molar-refractivity contribution >= 4 is 18.3 Å². The zero-order valence-electron chi connectivity index (χ0n) is 16.2. The van der Waals surface area contributed by atoms with Crippen molar-refractivity contribution in [1.82, 2.24) is 5.32 Å². The molecule has 1 aromatic carbocycles. The molecule has 0 spiro atoms. The summed E-state index contributed by atoms with van der Waals surface area (Å²) < 4.78 is 15.5. The lowest BCUT2D eigenvalue weighted by Gasteiger charge is -2.23. The molecule has 0 aromatic heterocycles. The summed E-state index contributed by atoms with van der Waals surface area (Å²) in [6.45, 7) is 8.87. The van der Waals surface area contributed by atoms with Gasteiger partial charge >= 0.3 is 12.1 Å². The van der Waals surface area contributed by atoms with Gasteiger partial charge in [0, 0.05) is 6.42 Å². The van der Waals surface area contributed by atoms with Gasteiger partial charge < -0.3 is 19.5 Å².